The number of pyridine rings is 1. The van der Waals surface area contributed by atoms with E-state index < -0.39 is 0 Å². The molecule has 26 heavy (non-hydrogen) atoms. The van der Waals surface area contributed by atoms with Crippen molar-refractivity contribution in [2.24, 2.45) is 0 Å². The van der Waals surface area contributed by atoms with Crippen LogP contribution in [0.5, 0.6) is 0 Å². The SMILES string of the molecule is CC(NC(=O)Cn1nc2ccccn2c1=O)c1cccc2ccccc12. The fourth-order valence-electron chi connectivity index (χ4n) is 3.20. The highest BCUT2D eigenvalue weighted by Crippen LogP contribution is 2.23. The van der Waals surface area contributed by atoms with Gasteiger partial charge in [0.1, 0.15) is 6.54 Å². The third-order valence-corrected chi connectivity index (χ3v) is 4.45. The molecule has 0 fully saturated rings. The molecule has 0 saturated heterocycles. The Labute approximate surface area is 149 Å². The van der Waals surface area contributed by atoms with Gasteiger partial charge >= 0.3 is 5.69 Å². The second-order valence-electron chi connectivity index (χ2n) is 6.23. The van der Waals surface area contributed by atoms with Crippen LogP contribution in [0.4, 0.5) is 0 Å². The van der Waals surface area contributed by atoms with Gasteiger partial charge in [-0.1, -0.05) is 48.5 Å². The zero-order chi connectivity index (χ0) is 18.1. The highest BCUT2D eigenvalue weighted by molar-refractivity contribution is 5.86. The van der Waals surface area contributed by atoms with Crippen LogP contribution in [0.15, 0.2) is 71.7 Å². The molecule has 0 radical (unpaired) electrons. The van der Waals surface area contributed by atoms with Crippen molar-refractivity contribution in [2.45, 2.75) is 19.5 Å². The molecule has 6 nitrogen and oxygen atoms in total. The Morgan fingerprint density at radius 2 is 1.85 bits per heavy atom. The zero-order valence-electron chi connectivity index (χ0n) is 14.3. The second-order valence-corrected chi connectivity index (χ2v) is 6.23. The molecule has 130 valence electrons. The van der Waals surface area contributed by atoms with E-state index in [0.29, 0.717) is 5.65 Å². The van der Waals surface area contributed by atoms with Crippen LogP contribution in [0.2, 0.25) is 0 Å². The molecule has 0 spiro atoms. The quantitative estimate of drug-likeness (QED) is 0.617. The molecular weight excluding hydrogens is 328 g/mol. The molecule has 1 unspecified atom stereocenters. The Morgan fingerprint density at radius 3 is 2.69 bits per heavy atom. The van der Waals surface area contributed by atoms with E-state index in [9.17, 15) is 9.59 Å². The third kappa shape index (κ3) is 2.86. The van der Waals surface area contributed by atoms with Crippen LogP contribution in [0, 0.1) is 0 Å². The molecule has 2 aromatic carbocycles. The summed E-state index contributed by atoms with van der Waals surface area (Å²) in [6.07, 6.45) is 1.64. The number of carbonyl (C=O) groups excluding carboxylic acids is 1. The molecule has 0 bridgehead atoms. The fraction of sp³-hybridized carbons (Fsp3) is 0.150. The van der Waals surface area contributed by atoms with E-state index in [-0.39, 0.29) is 24.2 Å². The van der Waals surface area contributed by atoms with Crippen molar-refractivity contribution in [3.8, 4) is 0 Å². The summed E-state index contributed by atoms with van der Waals surface area (Å²) in [4.78, 5) is 24.7. The van der Waals surface area contributed by atoms with E-state index in [1.807, 2.05) is 49.4 Å². The number of hydrogen-bond donors (Lipinski definition) is 1. The molecule has 1 atom stereocenters. The smallest absolute Gasteiger partial charge is 0.348 e. The molecule has 0 aliphatic heterocycles. The molecule has 0 saturated carbocycles. The van der Waals surface area contributed by atoms with Gasteiger partial charge in [0.05, 0.1) is 6.04 Å². The maximum atomic E-state index is 12.4. The van der Waals surface area contributed by atoms with Crippen LogP contribution in [-0.2, 0) is 11.3 Å². The van der Waals surface area contributed by atoms with E-state index in [0.717, 1.165) is 16.3 Å². The van der Waals surface area contributed by atoms with Gasteiger partial charge in [-0.15, -0.1) is 5.10 Å². The average Bonchev–Trinajstić information content (AvgIpc) is 2.97. The molecule has 6 heteroatoms. The first-order valence-corrected chi connectivity index (χ1v) is 8.45. The minimum atomic E-state index is -0.325. The number of benzene rings is 2. The highest BCUT2D eigenvalue weighted by atomic mass is 16.2. The summed E-state index contributed by atoms with van der Waals surface area (Å²) in [7, 11) is 0. The molecule has 4 aromatic rings. The van der Waals surface area contributed by atoms with Crippen LogP contribution in [0.25, 0.3) is 16.4 Å². The van der Waals surface area contributed by atoms with Crippen molar-refractivity contribution in [2.75, 3.05) is 0 Å². The van der Waals surface area contributed by atoms with Crippen molar-refractivity contribution in [1.82, 2.24) is 19.5 Å². The number of aromatic nitrogens is 3. The first kappa shape index (κ1) is 16.1. The van der Waals surface area contributed by atoms with E-state index >= 15 is 0 Å². The lowest BCUT2D eigenvalue weighted by molar-refractivity contribution is -0.122. The lowest BCUT2D eigenvalue weighted by Gasteiger charge is -2.16. The molecular formula is C20H18N4O2. The number of nitrogens with zero attached hydrogens (tertiary/aromatic N) is 3. The lowest BCUT2D eigenvalue weighted by Crippen LogP contribution is -2.34. The van der Waals surface area contributed by atoms with Gasteiger partial charge in [0.25, 0.3) is 0 Å². The summed E-state index contributed by atoms with van der Waals surface area (Å²) in [5.74, 6) is -0.254. The van der Waals surface area contributed by atoms with Gasteiger partial charge in [-0.3, -0.25) is 9.20 Å². The van der Waals surface area contributed by atoms with Gasteiger partial charge in [0.15, 0.2) is 5.65 Å². The molecule has 2 aromatic heterocycles. The highest BCUT2D eigenvalue weighted by Gasteiger charge is 2.15. The maximum absolute atomic E-state index is 12.4. The number of hydrogen-bond acceptors (Lipinski definition) is 3. The molecule has 0 aliphatic rings. The van der Waals surface area contributed by atoms with Gasteiger partial charge in [0.2, 0.25) is 5.91 Å². The minimum absolute atomic E-state index is 0.115. The second kappa shape index (κ2) is 6.48. The first-order valence-electron chi connectivity index (χ1n) is 8.45. The summed E-state index contributed by atoms with van der Waals surface area (Å²) < 4.78 is 2.60. The van der Waals surface area contributed by atoms with E-state index in [1.54, 1.807) is 24.4 Å². The summed E-state index contributed by atoms with van der Waals surface area (Å²) >= 11 is 0. The summed E-state index contributed by atoms with van der Waals surface area (Å²) in [6, 6.07) is 19.2. The van der Waals surface area contributed by atoms with Crippen LogP contribution in [0.3, 0.4) is 0 Å². The Kier molecular flexibility index (Phi) is 4.01. The van der Waals surface area contributed by atoms with Crippen LogP contribution in [-0.4, -0.2) is 20.1 Å². The molecule has 4 rings (SSSR count). The monoisotopic (exact) mass is 346 g/mol. The van der Waals surface area contributed by atoms with Crippen LogP contribution >= 0.6 is 0 Å². The minimum Gasteiger partial charge on any atom is -0.348 e. The summed E-state index contributed by atoms with van der Waals surface area (Å²) in [5.41, 5.74) is 1.24. The van der Waals surface area contributed by atoms with Crippen LogP contribution in [0.1, 0.15) is 18.5 Å². The number of rotatable bonds is 4. The summed E-state index contributed by atoms with van der Waals surface area (Å²) in [6.45, 7) is 1.82. The predicted molar refractivity (Wildman–Crippen MR) is 100.0 cm³/mol. The predicted octanol–water partition coefficient (Wildman–Crippen LogP) is 2.53. The largest absolute Gasteiger partial charge is 0.350 e. The number of amides is 1. The fourth-order valence-corrected chi connectivity index (χ4v) is 3.20. The average molecular weight is 346 g/mol. The van der Waals surface area contributed by atoms with Crippen molar-refractivity contribution >= 4 is 22.3 Å². The third-order valence-electron chi connectivity index (χ3n) is 4.45. The number of nitrogens with one attached hydrogen (secondary N) is 1. The summed E-state index contributed by atoms with van der Waals surface area (Å²) in [5, 5.41) is 9.38. The Hall–Kier alpha value is -3.41. The zero-order valence-corrected chi connectivity index (χ0v) is 14.3. The van der Waals surface area contributed by atoms with Gasteiger partial charge in [0, 0.05) is 6.20 Å². The normalized spacial score (nSPS) is 12.3. The van der Waals surface area contributed by atoms with E-state index in [2.05, 4.69) is 10.4 Å². The Balaban J connectivity index is 1.55. The molecule has 0 aliphatic carbocycles. The molecule has 1 N–H and O–H groups in total. The van der Waals surface area contributed by atoms with Crippen LogP contribution < -0.4 is 11.0 Å². The van der Waals surface area contributed by atoms with Crippen molar-refractivity contribution in [3.63, 3.8) is 0 Å². The standard InChI is InChI=1S/C20H18N4O2/c1-14(16-10-6-8-15-7-2-3-9-17(15)16)21-19(25)13-24-20(26)23-12-5-4-11-18(23)22-24/h2-12,14H,13H2,1H3,(H,21,25). The van der Waals surface area contributed by atoms with E-state index in [1.165, 1.54) is 9.08 Å². The maximum Gasteiger partial charge on any atom is 0.350 e. The van der Waals surface area contributed by atoms with Crippen molar-refractivity contribution in [3.05, 3.63) is 82.9 Å². The van der Waals surface area contributed by atoms with Crippen molar-refractivity contribution in [1.29, 1.82) is 0 Å². The van der Waals surface area contributed by atoms with Gasteiger partial charge in [-0.05, 0) is 35.4 Å². The molecule has 2 heterocycles. The molecule has 1 amide bonds. The van der Waals surface area contributed by atoms with E-state index in [4.69, 9.17) is 0 Å². The van der Waals surface area contributed by atoms with Crippen molar-refractivity contribution < 1.29 is 4.79 Å². The first-order chi connectivity index (χ1) is 12.6. The van der Waals surface area contributed by atoms with Gasteiger partial charge in [-0.2, -0.15) is 0 Å². The van der Waals surface area contributed by atoms with Gasteiger partial charge in [-0.25, -0.2) is 9.48 Å². The Morgan fingerprint density at radius 1 is 1.08 bits per heavy atom. The lowest BCUT2D eigenvalue weighted by atomic mass is 10.00. The Bertz CT molecular complexity index is 1150. The van der Waals surface area contributed by atoms with Gasteiger partial charge < -0.3 is 5.32 Å². The topological polar surface area (TPSA) is 68.4 Å². The number of fused-ring (bicyclic) bond motifs is 2. The number of carbonyl (C=O) groups is 1.